The third-order valence-corrected chi connectivity index (χ3v) is 5.69. The second-order valence-electron chi connectivity index (χ2n) is 6.43. The van der Waals surface area contributed by atoms with Gasteiger partial charge in [-0.3, -0.25) is 4.90 Å². The van der Waals surface area contributed by atoms with E-state index in [1.165, 1.54) is 32.1 Å². The summed E-state index contributed by atoms with van der Waals surface area (Å²) in [6, 6.07) is 13.1. The molecule has 0 unspecified atom stereocenters. The lowest BCUT2D eigenvalue weighted by Gasteiger charge is -2.27. The first kappa shape index (κ1) is 15.5. The number of fused-ring (bicyclic) bond motifs is 1. The summed E-state index contributed by atoms with van der Waals surface area (Å²) in [4.78, 5) is 14.2. The Morgan fingerprint density at radius 3 is 2.88 bits per heavy atom. The van der Waals surface area contributed by atoms with Gasteiger partial charge in [0.25, 0.3) is 0 Å². The van der Waals surface area contributed by atoms with Gasteiger partial charge in [0.05, 0.1) is 0 Å². The van der Waals surface area contributed by atoms with Crippen LogP contribution in [0.1, 0.15) is 27.5 Å². The molecule has 4 heteroatoms. The molecule has 2 aromatic heterocycles. The number of hydrogen-bond acceptors (Lipinski definition) is 4. The molecule has 0 atom stereocenters. The van der Waals surface area contributed by atoms with Gasteiger partial charge in [0.15, 0.2) is 0 Å². The summed E-state index contributed by atoms with van der Waals surface area (Å²) in [7, 11) is 0. The molecular formula is C20H21N3S. The third-order valence-electron chi connectivity index (χ3n) is 4.59. The minimum atomic E-state index is 0.878. The van der Waals surface area contributed by atoms with E-state index < -0.39 is 0 Å². The Bertz CT molecular complexity index is 869. The molecular weight excluding hydrogens is 314 g/mol. The summed E-state index contributed by atoms with van der Waals surface area (Å²) < 4.78 is 0. The highest BCUT2D eigenvalue weighted by molar-refractivity contribution is 7.15. The Labute approximate surface area is 147 Å². The molecule has 1 aliphatic rings. The lowest BCUT2D eigenvalue weighted by atomic mass is 10.1. The van der Waals surface area contributed by atoms with E-state index in [-0.39, 0.29) is 0 Å². The van der Waals surface area contributed by atoms with E-state index in [0.717, 1.165) is 31.9 Å². The van der Waals surface area contributed by atoms with Crippen molar-refractivity contribution in [2.24, 2.45) is 0 Å². The first-order valence-corrected chi connectivity index (χ1v) is 9.19. The topological polar surface area (TPSA) is 29.0 Å². The standard InChI is InChI=1S/C20H21N3S/c1-14-5-3-4-6-18(14)20-8-7-17(24-20)13-23-10-9-19-16(12-23)11-21-15(2)22-19/h3-8,11H,9-10,12-13H2,1-2H3. The summed E-state index contributed by atoms with van der Waals surface area (Å²) >= 11 is 1.90. The average Bonchev–Trinajstić information content (AvgIpc) is 3.04. The fraction of sp³-hybridized carbons (Fsp3) is 0.300. The molecule has 0 saturated heterocycles. The molecule has 0 bridgehead atoms. The zero-order chi connectivity index (χ0) is 16.5. The monoisotopic (exact) mass is 335 g/mol. The van der Waals surface area contributed by atoms with Gasteiger partial charge in [-0.2, -0.15) is 0 Å². The number of nitrogens with zero attached hydrogens (tertiary/aromatic N) is 3. The maximum absolute atomic E-state index is 4.57. The number of thiophene rings is 1. The summed E-state index contributed by atoms with van der Waals surface area (Å²) in [6.45, 7) is 7.17. The maximum Gasteiger partial charge on any atom is 0.125 e. The summed E-state index contributed by atoms with van der Waals surface area (Å²) in [5.74, 6) is 0.878. The van der Waals surface area contributed by atoms with Crippen LogP contribution in [0.25, 0.3) is 10.4 Å². The van der Waals surface area contributed by atoms with Gasteiger partial charge in [0, 0.05) is 53.3 Å². The highest BCUT2D eigenvalue weighted by Crippen LogP contribution is 2.31. The lowest BCUT2D eigenvalue weighted by molar-refractivity contribution is 0.245. The van der Waals surface area contributed by atoms with Crippen molar-refractivity contribution in [2.75, 3.05) is 6.54 Å². The predicted octanol–water partition coefficient (Wildman–Crippen LogP) is 4.38. The van der Waals surface area contributed by atoms with Crippen molar-refractivity contribution in [1.82, 2.24) is 14.9 Å². The van der Waals surface area contributed by atoms with Gasteiger partial charge >= 0.3 is 0 Å². The van der Waals surface area contributed by atoms with E-state index in [1.807, 2.05) is 24.5 Å². The van der Waals surface area contributed by atoms with E-state index in [1.54, 1.807) is 0 Å². The van der Waals surface area contributed by atoms with Gasteiger partial charge < -0.3 is 0 Å². The van der Waals surface area contributed by atoms with Crippen LogP contribution in [0.5, 0.6) is 0 Å². The summed E-state index contributed by atoms with van der Waals surface area (Å²) in [5.41, 5.74) is 5.19. The fourth-order valence-corrected chi connectivity index (χ4v) is 4.43. The van der Waals surface area contributed by atoms with E-state index in [4.69, 9.17) is 0 Å². The molecule has 0 aliphatic carbocycles. The molecule has 3 nitrogen and oxygen atoms in total. The molecule has 24 heavy (non-hydrogen) atoms. The van der Waals surface area contributed by atoms with Crippen molar-refractivity contribution < 1.29 is 0 Å². The first-order valence-electron chi connectivity index (χ1n) is 8.37. The SMILES string of the molecule is Cc1ncc2c(n1)CCN(Cc1ccc(-c3ccccc3C)s1)C2. The molecule has 0 fully saturated rings. The summed E-state index contributed by atoms with van der Waals surface area (Å²) in [6.07, 6.45) is 3.02. The predicted molar refractivity (Wildman–Crippen MR) is 99.1 cm³/mol. The van der Waals surface area contributed by atoms with Crippen molar-refractivity contribution in [3.05, 3.63) is 70.1 Å². The van der Waals surface area contributed by atoms with Gasteiger partial charge in [0.2, 0.25) is 0 Å². The first-order chi connectivity index (χ1) is 11.7. The normalized spacial score (nSPS) is 14.6. The fourth-order valence-electron chi connectivity index (χ4n) is 3.29. The molecule has 0 amide bonds. The Morgan fingerprint density at radius 1 is 1.12 bits per heavy atom. The Balaban J connectivity index is 1.49. The molecule has 122 valence electrons. The van der Waals surface area contributed by atoms with Crippen LogP contribution in [-0.4, -0.2) is 21.4 Å². The third kappa shape index (κ3) is 3.12. The number of rotatable bonds is 3. The maximum atomic E-state index is 4.57. The minimum absolute atomic E-state index is 0.878. The summed E-state index contributed by atoms with van der Waals surface area (Å²) in [5, 5.41) is 0. The Kier molecular flexibility index (Phi) is 4.17. The van der Waals surface area contributed by atoms with Crippen molar-refractivity contribution in [2.45, 2.75) is 33.4 Å². The van der Waals surface area contributed by atoms with Crippen LogP contribution in [0.15, 0.2) is 42.6 Å². The van der Waals surface area contributed by atoms with Crippen molar-refractivity contribution in [3.8, 4) is 10.4 Å². The van der Waals surface area contributed by atoms with Crippen molar-refractivity contribution >= 4 is 11.3 Å². The van der Waals surface area contributed by atoms with Crippen LogP contribution < -0.4 is 0 Å². The van der Waals surface area contributed by atoms with Crippen LogP contribution in [0.2, 0.25) is 0 Å². The zero-order valence-corrected chi connectivity index (χ0v) is 14.9. The number of benzene rings is 1. The smallest absolute Gasteiger partial charge is 0.125 e. The number of hydrogen-bond donors (Lipinski definition) is 0. The quantitative estimate of drug-likeness (QED) is 0.711. The molecule has 3 heterocycles. The van der Waals surface area contributed by atoms with Crippen molar-refractivity contribution in [3.63, 3.8) is 0 Å². The van der Waals surface area contributed by atoms with Gasteiger partial charge in [-0.15, -0.1) is 11.3 Å². The second kappa shape index (κ2) is 6.46. The highest BCUT2D eigenvalue weighted by atomic mass is 32.1. The molecule has 1 aromatic carbocycles. The van der Waals surface area contributed by atoms with Crippen LogP contribution in [0.4, 0.5) is 0 Å². The minimum Gasteiger partial charge on any atom is -0.293 e. The van der Waals surface area contributed by atoms with Crippen LogP contribution in [0.3, 0.4) is 0 Å². The molecule has 0 N–H and O–H groups in total. The van der Waals surface area contributed by atoms with Crippen LogP contribution in [-0.2, 0) is 19.5 Å². The van der Waals surface area contributed by atoms with Crippen LogP contribution >= 0.6 is 11.3 Å². The number of aryl methyl sites for hydroxylation is 2. The van der Waals surface area contributed by atoms with Crippen molar-refractivity contribution in [1.29, 1.82) is 0 Å². The second-order valence-corrected chi connectivity index (χ2v) is 7.60. The van der Waals surface area contributed by atoms with E-state index in [0.29, 0.717) is 0 Å². The highest BCUT2D eigenvalue weighted by Gasteiger charge is 2.18. The van der Waals surface area contributed by atoms with E-state index >= 15 is 0 Å². The van der Waals surface area contributed by atoms with Gasteiger partial charge in [-0.1, -0.05) is 24.3 Å². The van der Waals surface area contributed by atoms with E-state index in [2.05, 4.69) is 58.2 Å². The zero-order valence-electron chi connectivity index (χ0n) is 14.1. The van der Waals surface area contributed by atoms with Gasteiger partial charge in [-0.25, -0.2) is 9.97 Å². The molecule has 0 saturated carbocycles. The van der Waals surface area contributed by atoms with Gasteiger partial charge in [0.1, 0.15) is 5.82 Å². The Morgan fingerprint density at radius 2 is 2.00 bits per heavy atom. The lowest BCUT2D eigenvalue weighted by Crippen LogP contribution is -2.30. The molecule has 3 aromatic rings. The average molecular weight is 335 g/mol. The number of aromatic nitrogens is 2. The molecule has 1 aliphatic heterocycles. The largest absolute Gasteiger partial charge is 0.293 e. The Hall–Kier alpha value is -2.04. The van der Waals surface area contributed by atoms with E-state index in [9.17, 15) is 0 Å². The molecule has 0 radical (unpaired) electrons. The van der Waals surface area contributed by atoms with Crippen LogP contribution in [0, 0.1) is 13.8 Å². The molecule has 0 spiro atoms. The van der Waals surface area contributed by atoms with Gasteiger partial charge in [-0.05, 0) is 37.1 Å². The molecule has 4 rings (SSSR count).